The summed E-state index contributed by atoms with van der Waals surface area (Å²) in [6.45, 7) is 3.80. The number of rotatable bonds is 3. The summed E-state index contributed by atoms with van der Waals surface area (Å²) in [4.78, 5) is 14.5. The van der Waals surface area contributed by atoms with E-state index in [4.69, 9.17) is 10.5 Å². The van der Waals surface area contributed by atoms with Gasteiger partial charge >= 0.3 is 0 Å². The van der Waals surface area contributed by atoms with Crippen LogP contribution in [0.4, 0.5) is 11.4 Å². The smallest absolute Gasteiger partial charge is 0.258 e. The Hall–Kier alpha value is -2.33. The van der Waals surface area contributed by atoms with Crippen molar-refractivity contribution >= 4 is 17.3 Å². The molecule has 0 bridgehead atoms. The Kier molecular flexibility index (Phi) is 3.62. The fourth-order valence-electron chi connectivity index (χ4n) is 2.56. The molecule has 4 nitrogen and oxygen atoms in total. The lowest BCUT2D eigenvalue weighted by Crippen LogP contribution is -2.30. The molecule has 2 N–H and O–H groups in total. The lowest BCUT2D eigenvalue weighted by Gasteiger charge is -2.21. The van der Waals surface area contributed by atoms with E-state index < -0.39 is 0 Å². The van der Waals surface area contributed by atoms with E-state index in [0.29, 0.717) is 31.0 Å². The molecule has 0 aromatic heterocycles. The molecule has 0 radical (unpaired) electrons. The minimum atomic E-state index is -0.00280. The minimum absolute atomic E-state index is 0.00280. The largest absolute Gasteiger partial charge is 0.399 e. The van der Waals surface area contributed by atoms with Crippen LogP contribution < -0.4 is 10.6 Å². The van der Waals surface area contributed by atoms with Crippen molar-refractivity contribution in [1.29, 1.82) is 0 Å². The van der Waals surface area contributed by atoms with E-state index in [1.807, 2.05) is 49.4 Å². The number of nitrogens with two attached hydrogens (primary N) is 1. The zero-order valence-electron chi connectivity index (χ0n) is 12.0. The molecule has 1 heterocycles. The molecule has 2 aromatic carbocycles. The molecule has 0 aliphatic carbocycles. The molecule has 0 saturated heterocycles. The topological polar surface area (TPSA) is 55.6 Å². The molecule has 0 atom stereocenters. The third-order valence-electron chi connectivity index (χ3n) is 3.73. The number of ether oxygens (including phenoxy) is 1. The van der Waals surface area contributed by atoms with Gasteiger partial charge in [0.1, 0.15) is 0 Å². The van der Waals surface area contributed by atoms with Gasteiger partial charge in [-0.15, -0.1) is 0 Å². The highest BCUT2D eigenvalue weighted by atomic mass is 16.5. The number of nitrogen functional groups attached to an aromatic ring is 1. The maximum absolute atomic E-state index is 12.7. The number of amides is 1. The molecule has 1 amide bonds. The van der Waals surface area contributed by atoms with Crippen LogP contribution in [-0.2, 0) is 18.0 Å². The van der Waals surface area contributed by atoms with Gasteiger partial charge in [0.2, 0.25) is 0 Å². The van der Waals surface area contributed by atoms with Crippen LogP contribution in [0.25, 0.3) is 0 Å². The number of hydrogen-bond donors (Lipinski definition) is 1. The van der Waals surface area contributed by atoms with Gasteiger partial charge < -0.3 is 15.4 Å². The summed E-state index contributed by atoms with van der Waals surface area (Å²) in [5.74, 6) is -0.00280. The molecule has 0 spiro atoms. The van der Waals surface area contributed by atoms with Crippen LogP contribution in [0.2, 0.25) is 0 Å². The van der Waals surface area contributed by atoms with E-state index in [0.717, 1.165) is 11.3 Å². The number of benzene rings is 2. The number of anilines is 2. The maximum atomic E-state index is 12.7. The molecule has 4 heteroatoms. The first-order chi connectivity index (χ1) is 10.2. The molecule has 0 saturated carbocycles. The molecular weight excluding hydrogens is 264 g/mol. The highest BCUT2D eigenvalue weighted by molar-refractivity contribution is 6.06. The van der Waals surface area contributed by atoms with Crippen molar-refractivity contribution in [2.75, 3.05) is 17.2 Å². The van der Waals surface area contributed by atoms with Crippen LogP contribution in [0.3, 0.4) is 0 Å². The number of carbonyl (C=O) groups is 1. The summed E-state index contributed by atoms with van der Waals surface area (Å²) in [6, 6.07) is 13.1. The van der Waals surface area contributed by atoms with Gasteiger partial charge in [-0.05, 0) is 54.4 Å². The number of hydrogen-bond acceptors (Lipinski definition) is 3. The molecule has 21 heavy (non-hydrogen) atoms. The summed E-state index contributed by atoms with van der Waals surface area (Å²) in [5.41, 5.74) is 10.2. The summed E-state index contributed by atoms with van der Waals surface area (Å²) in [7, 11) is 0. The van der Waals surface area contributed by atoms with Gasteiger partial charge in [-0.1, -0.05) is 6.07 Å². The molecule has 2 aromatic rings. The second-order valence-corrected chi connectivity index (χ2v) is 5.12. The summed E-state index contributed by atoms with van der Waals surface area (Å²) >= 11 is 0. The Morgan fingerprint density at radius 3 is 2.57 bits per heavy atom. The van der Waals surface area contributed by atoms with Crippen molar-refractivity contribution in [2.24, 2.45) is 0 Å². The van der Waals surface area contributed by atoms with Crippen LogP contribution in [-0.4, -0.2) is 12.5 Å². The summed E-state index contributed by atoms with van der Waals surface area (Å²) in [5, 5.41) is 0. The zero-order chi connectivity index (χ0) is 14.8. The van der Waals surface area contributed by atoms with Crippen LogP contribution >= 0.6 is 0 Å². The fourth-order valence-corrected chi connectivity index (χ4v) is 2.56. The van der Waals surface area contributed by atoms with E-state index in [1.54, 1.807) is 4.90 Å². The van der Waals surface area contributed by atoms with E-state index in [1.165, 1.54) is 5.56 Å². The van der Waals surface area contributed by atoms with Crippen molar-refractivity contribution in [3.8, 4) is 0 Å². The highest BCUT2D eigenvalue weighted by Crippen LogP contribution is 2.23. The van der Waals surface area contributed by atoms with Crippen LogP contribution in [0.5, 0.6) is 0 Å². The lowest BCUT2D eigenvalue weighted by molar-refractivity contribution is 0.0988. The van der Waals surface area contributed by atoms with Gasteiger partial charge in [0.05, 0.1) is 13.2 Å². The van der Waals surface area contributed by atoms with E-state index in [-0.39, 0.29) is 5.91 Å². The van der Waals surface area contributed by atoms with E-state index in [2.05, 4.69) is 0 Å². The molecule has 3 rings (SSSR count). The Balaban J connectivity index is 1.90. The predicted molar refractivity (Wildman–Crippen MR) is 83.1 cm³/mol. The van der Waals surface area contributed by atoms with Crippen molar-refractivity contribution in [1.82, 2.24) is 0 Å². The van der Waals surface area contributed by atoms with Gasteiger partial charge in [-0.25, -0.2) is 0 Å². The van der Waals surface area contributed by atoms with Crippen molar-refractivity contribution in [2.45, 2.75) is 20.1 Å². The van der Waals surface area contributed by atoms with Gasteiger partial charge in [-0.2, -0.15) is 0 Å². The SMILES string of the molecule is CCN(C(=O)c1ccc2c(c1)COC2)c1ccc(N)cc1. The lowest BCUT2D eigenvalue weighted by atomic mass is 10.1. The second-order valence-electron chi connectivity index (χ2n) is 5.12. The Morgan fingerprint density at radius 1 is 1.14 bits per heavy atom. The quantitative estimate of drug-likeness (QED) is 0.881. The van der Waals surface area contributed by atoms with Gasteiger partial charge in [0, 0.05) is 23.5 Å². The van der Waals surface area contributed by atoms with Crippen molar-refractivity contribution in [3.05, 3.63) is 59.2 Å². The summed E-state index contributed by atoms with van der Waals surface area (Å²) in [6.07, 6.45) is 0. The maximum Gasteiger partial charge on any atom is 0.258 e. The molecule has 0 unspecified atom stereocenters. The number of fused-ring (bicyclic) bond motifs is 1. The Morgan fingerprint density at radius 2 is 1.86 bits per heavy atom. The van der Waals surface area contributed by atoms with Crippen LogP contribution in [0.1, 0.15) is 28.4 Å². The predicted octanol–water partition coefficient (Wildman–Crippen LogP) is 2.97. The average molecular weight is 282 g/mol. The third kappa shape index (κ3) is 2.62. The molecular formula is C17H18N2O2. The van der Waals surface area contributed by atoms with E-state index in [9.17, 15) is 4.79 Å². The van der Waals surface area contributed by atoms with Crippen LogP contribution in [0, 0.1) is 0 Å². The van der Waals surface area contributed by atoms with Gasteiger partial charge in [-0.3, -0.25) is 4.79 Å². The zero-order valence-corrected chi connectivity index (χ0v) is 12.0. The molecule has 1 aliphatic rings. The molecule has 1 aliphatic heterocycles. The van der Waals surface area contributed by atoms with Crippen LogP contribution in [0.15, 0.2) is 42.5 Å². The fraction of sp³-hybridized carbons (Fsp3) is 0.235. The normalized spacial score (nSPS) is 13.0. The number of carbonyl (C=O) groups excluding carboxylic acids is 1. The first-order valence-corrected chi connectivity index (χ1v) is 7.06. The van der Waals surface area contributed by atoms with Crippen molar-refractivity contribution in [3.63, 3.8) is 0 Å². The van der Waals surface area contributed by atoms with Gasteiger partial charge in [0.15, 0.2) is 0 Å². The first-order valence-electron chi connectivity index (χ1n) is 7.06. The molecule has 0 fully saturated rings. The third-order valence-corrected chi connectivity index (χ3v) is 3.73. The minimum Gasteiger partial charge on any atom is -0.399 e. The summed E-state index contributed by atoms with van der Waals surface area (Å²) < 4.78 is 5.40. The Bertz CT molecular complexity index is 665. The highest BCUT2D eigenvalue weighted by Gasteiger charge is 2.19. The van der Waals surface area contributed by atoms with Gasteiger partial charge in [0.25, 0.3) is 5.91 Å². The Labute approximate surface area is 124 Å². The number of nitrogens with zero attached hydrogens (tertiary/aromatic N) is 1. The standard InChI is InChI=1S/C17H18N2O2/c1-2-19(16-7-5-15(18)6-8-16)17(20)12-3-4-13-10-21-11-14(13)9-12/h3-9H,2,10-11,18H2,1H3. The second kappa shape index (κ2) is 5.58. The molecule has 108 valence electrons. The van der Waals surface area contributed by atoms with Crippen molar-refractivity contribution < 1.29 is 9.53 Å². The average Bonchev–Trinajstić information content (AvgIpc) is 2.97. The van der Waals surface area contributed by atoms with E-state index >= 15 is 0 Å². The monoisotopic (exact) mass is 282 g/mol. The first kappa shape index (κ1) is 13.6.